The Kier molecular flexibility index (Phi) is 3.84. The van der Waals surface area contributed by atoms with Gasteiger partial charge >= 0.3 is 0 Å². The van der Waals surface area contributed by atoms with Crippen LogP contribution in [0.3, 0.4) is 0 Å². The number of hydrogen-bond acceptors (Lipinski definition) is 0. The van der Waals surface area contributed by atoms with Gasteiger partial charge in [-0.15, -0.1) is 0 Å². The smallest absolute Gasteiger partial charge is 0.126 e. The first-order chi connectivity index (χ1) is 7.00. The molecule has 1 aromatic rings. The third-order valence-electron chi connectivity index (χ3n) is 2.41. The van der Waals surface area contributed by atoms with E-state index in [-0.39, 0.29) is 5.82 Å². The Morgan fingerprint density at radius 2 is 2.07 bits per heavy atom. The van der Waals surface area contributed by atoms with E-state index >= 15 is 0 Å². The zero-order valence-electron chi connectivity index (χ0n) is 9.55. The minimum absolute atomic E-state index is 0.158. The predicted octanol–water partition coefficient (Wildman–Crippen LogP) is 4.36. The topological polar surface area (TPSA) is 0 Å². The Balaban J connectivity index is 2.81. The molecule has 0 aliphatic rings. The lowest BCUT2D eigenvalue weighted by atomic mass is 10.0. The summed E-state index contributed by atoms with van der Waals surface area (Å²) in [4.78, 5) is 0. The van der Waals surface area contributed by atoms with Gasteiger partial charge < -0.3 is 0 Å². The molecule has 1 rings (SSSR count). The van der Waals surface area contributed by atoms with Gasteiger partial charge in [0.25, 0.3) is 0 Å². The third kappa shape index (κ3) is 3.35. The molecular formula is C14H17F. The van der Waals surface area contributed by atoms with Crippen LogP contribution >= 0.6 is 0 Å². The molecule has 0 nitrogen and oxygen atoms in total. The van der Waals surface area contributed by atoms with Gasteiger partial charge in [0.2, 0.25) is 0 Å². The maximum absolute atomic E-state index is 13.0. The molecule has 0 radical (unpaired) electrons. The fourth-order valence-corrected chi connectivity index (χ4v) is 1.17. The van der Waals surface area contributed by atoms with Crippen LogP contribution in [0.2, 0.25) is 0 Å². The second kappa shape index (κ2) is 4.92. The molecule has 1 heteroatoms. The monoisotopic (exact) mass is 204 g/mol. The molecule has 0 heterocycles. The van der Waals surface area contributed by atoms with E-state index in [1.54, 1.807) is 13.0 Å². The fraction of sp³-hybridized carbons (Fsp3) is 0.286. The maximum Gasteiger partial charge on any atom is 0.126 e. The lowest BCUT2D eigenvalue weighted by Crippen LogP contribution is -1.87. The largest absolute Gasteiger partial charge is 0.207 e. The molecule has 80 valence electrons. The summed E-state index contributed by atoms with van der Waals surface area (Å²) < 4.78 is 13.0. The number of hydrogen-bond donors (Lipinski definition) is 0. The van der Waals surface area contributed by atoms with Crippen molar-refractivity contribution in [1.82, 2.24) is 0 Å². The van der Waals surface area contributed by atoms with Crippen molar-refractivity contribution in [2.75, 3.05) is 0 Å². The van der Waals surface area contributed by atoms with Crippen molar-refractivity contribution in [2.45, 2.75) is 20.8 Å². The van der Waals surface area contributed by atoms with E-state index in [1.807, 2.05) is 18.2 Å². The van der Waals surface area contributed by atoms with Crippen molar-refractivity contribution in [1.29, 1.82) is 0 Å². The highest BCUT2D eigenvalue weighted by atomic mass is 19.1. The molecule has 0 bridgehead atoms. The lowest BCUT2D eigenvalue weighted by molar-refractivity contribution is 0.618. The van der Waals surface area contributed by atoms with Crippen LogP contribution in [0.15, 0.2) is 36.4 Å². The Bertz CT molecular complexity index is 386. The average molecular weight is 204 g/mol. The maximum atomic E-state index is 13.0. The van der Waals surface area contributed by atoms with E-state index in [0.29, 0.717) is 11.5 Å². The summed E-state index contributed by atoms with van der Waals surface area (Å²) in [6, 6.07) is 5.10. The van der Waals surface area contributed by atoms with Crippen LogP contribution < -0.4 is 0 Å². The summed E-state index contributed by atoms with van der Waals surface area (Å²) in [5.41, 5.74) is 2.76. The summed E-state index contributed by atoms with van der Waals surface area (Å²) in [5, 5.41) is 0. The van der Waals surface area contributed by atoms with E-state index in [4.69, 9.17) is 0 Å². The fourth-order valence-electron chi connectivity index (χ4n) is 1.17. The molecule has 0 saturated heterocycles. The van der Waals surface area contributed by atoms with Gasteiger partial charge in [-0.2, -0.15) is 0 Å². The van der Waals surface area contributed by atoms with Gasteiger partial charge in [0.1, 0.15) is 5.82 Å². The minimum Gasteiger partial charge on any atom is -0.207 e. The summed E-state index contributed by atoms with van der Waals surface area (Å²) >= 11 is 0. The van der Waals surface area contributed by atoms with Crippen LogP contribution in [-0.2, 0) is 0 Å². The van der Waals surface area contributed by atoms with Crippen molar-refractivity contribution in [2.24, 2.45) is 5.92 Å². The highest BCUT2D eigenvalue weighted by molar-refractivity contribution is 5.53. The minimum atomic E-state index is -0.158. The zero-order valence-corrected chi connectivity index (χ0v) is 9.55. The first kappa shape index (κ1) is 11.7. The van der Waals surface area contributed by atoms with Crippen LogP contribution in [0.25, 0.3) is 6.08 Å². The molecule has 1 aromatic carbocycles. The second-order valence-electron chi connectivity index (χ2n) is 4.07. The van der Waals surface area contributed by atoms with E-state index in [0.717, 1.165) is 11.1 Å². The molecule has 0 fully saturated rings. The summed E-state index contributed by atoms with van der Waals surface area (Å²) in [6.07, 6.45) is 3.95. The average Bonchev–Trinajstić information content (AvgIpc) is 2.19. The van der Waals surface area contributed by atoms with Crippen molar-refractivity contribution in [3.8, 4) is 0 Å². The molecule has 0 N–H and O–H groups in total. The summed E-state index contributed by atoms with van der Waals surface area (Å²) in [6.45, 7) is 9.92. The predicted molar refractivity (Wildman–Crippen MR) is 64.1 cm³/mol. The lowest BCUT2D eigenvalue weighted by Gasteiger charge is -2.03. The van der Waals surface area contributed by atoms with E-state index in [2.05, 4.69) is 20.4 Å². The number of rotatable bonds is 3. The molecule has 0 aromatic heterocycles. The first-order valence-electron chi connectivity index (χ1n) is 5.13. The van der Waals surface area contributed by atoms with Crippen LogP contribution in [0.4, 0.5) is 4.39 Å². The van der Waals surface area contributed by atoms with Gasteiger partial charge in [0.15, 0.2) is 0 Å². The molecule has 0 unspecified atom stereocenters. The molecule has 0 aliphatic heterocycles. The van der Waals surface area contributed by atoms with Gasteiger partial charge in [0.05, 0.1) is 0 Å². The SMILES string of the molecule is C=C(/C=C\c1ccc(F)c(C)c1)C(C)C. The number of benzene rings is 1. The molecule has 0 spiro atoms. The second-order valence-corrected chi connectivity index (χ2v) is 4.07. The van der Waals surface area contributed by atoms with E-state index < -0.39 is 0 Å². The Morgan fingerprint density at radius 3 is 2.60 bits per heavy atom. The first-order valence-corrected chi connectivity index (χ1v) is 5.13. The number of halogens is 1. The van der Waals surface area contributed by atoms with Crippen molar-refractivity contribution in [3.63, 3.8) is 0 Å². The molecule has 0 saturated carbocycles. The summed E-state index contributed by atoms with van der Waals surface area (Å²) in [7, 11) is 0. The summed E-state index contributed by atoms with van der Waals surface area (Å²) in [5.74, 6) is 0.289. The van der Waals surface area contributed by atoms with Gasteiger partial charge in [-0.3, -0.25) is 0 Å². The molecule has 15 heavy (non-hydrogen) atoms. The van der Waals surface area contributed by atoms with Gasteiger partial charge in [-0.25, -0.2) is 4.39 Å². The Morgan fingerprint density at radius 1 is 1.40 bits per heavy atom. The van der Waals surface area contributed by atoms with Gasteiger partial charge in [-0.05, 0) is 36.1 Å². The standard InChI is InChI=1S/C14H17F/c1-10(2)11(3)5-6-13-7-8-14(15)12(4)9-13/h5-10H,3H2,1-2,4H3/b6-5-. The zero-order chi connectivity index (χ0) is 11.4. The Hall–Kier alpha value is -1.37. The normalized spacial score (nSPS) is 11.3. The van der Waals surface area contributed by atoms with E-state index in [9.17, 15) is 4.39 Å². The molecule has 0 aliphatic carbocycles. The van der Waals surface area contributed by atoms with Crippen LogP contribution in [0.1, 0.15) is 25.0 Å². The number of allylic oxidation sites excluding steroid dienone is 2. The van der Waals surface area contributed by atoms with E-state index in [1.165, 1.54) is 6.07 Å². The third-order valence-corrected chi connectivity index (χ3v) is 2.41. The number of aryl methyl sites for hydroxylation is 1. The molecular weight excluding hydrogens is 187 g/mol. The molecule has 0 amide bonds. The van der Waals surface area contributed by atoms with Crippen molar-refractivity contribution in [3.05, 3.63) is 53.4 Å². The van der Waals surface area contributed by atoms with Crippen molar-refractivity contribution >= 4 is 6.08 Å². The van der Waals surface area contributed by atoms with Crippen LogP contribution in [0.5, 0.6) is 0 Å². The molecule has 0 atom stereocenters. The van der Waals surface area contributed by atoms with Gasteiger partial charge in [-0.1, -0.05) is 44.2 Å². The highest BCUT2D eigenvalue weighted by Crippen LogP contribution is 2.14. The Labute approximate surface area is 91.1 Å². The van der Waals surface area contributed by atoms with Crippen LogP contribution in [-0.4, -0.2) is 0 Å². The quantitative estimate of drug-likeness (QED) is 0.642. The van der Waals surface area contributed by atoms with Gasteiger partial charge in [0, 0.05) is 0 Å². The highest BCUT2D eigenvalue weighted by Gasteiger charge is 1.97. The van der Waals surface area contributed by atoms with Crippen LogP contribution in [0, 0.1) is 18.7 Å². The van der Waals surface area contributed by atoms with Crippen molar-refractivity contribution < 1.29 is 4.39 Å².